The topological polar surface area (TPSA) is 28.4 Å². The minimum Gasteiger partial charge on any atom is -0.467 e. The number of rotatable bonds is 5. The Hall–Kier alpha value is -2.18. The van der Waals surface area contributed by atoms with E-state index in [-0.39, 0.29) is 5.82 Å². The van der Waals surface area contributed by atoms with Gasteiger partial charge in [-0.2, -0.15) is 0 Å². The highest BCUT2D eigenvalue weighted by Crippen LogP contribution is 2.17. The Morgan fingerprint density at radius 2 is 1.96 bits per heavy atom. The Labute approximate surface area is 143 Å². The summed E-state index contributed by atoms with van der Waals surface area (Å²) in [6, 6.07) is 14.0. The molecule has 1 N–H and O–H groups in total. The molecule has 2 heterocycles. The van der Waals surface area contributed by atoms with Crippen molar-refractivity contribution < 1.29 is 8.81 Å². The van der Waals surface area contributed by atoms with E-state index in [4.69, 9.17) is 16.6 Å². The lowest BCUT2D eigenvalue weighted by Crippen LogP contribution is -2.33. The first-order valence-corrected chi connectivity index (χ1v) is 8.36. The molecule has 0 aliphatic carbocycles. The smallest absolute Gasteiger partial charge is 0.174 e. The number of nitrogens with zero attached hydrogens (tertiary/aromatic N) is 1. The molecule has 6 heteroatoms. The maximum atomic E-state index is 13.0. The van der Waals surface area contributed by atoms with E-state index in [1.54, 1.807) is 29.7 Å². The summed E-state index contributed by atoms with van der Waals surface area (Å²) in [7, 11) is 0. The van der Waals surface area contributed by atoms with E-state index in [9.17, 15) is 4.39 Å². The van der Waals surface area contributed by atoms with Crippen LogP contribution in [0.4, 0.5) is 10.1 Å². The summed E-state index contributed by atoms with van der Waals surface area (Å²) in [5.74, 6) is 0.567. The van der Waals surface area contributed by atoms with Crippen LogP contribution in [0.5, 0.6) is 0 Å². The summed E-state index contributed by atoms with van der Waals surface area (Å²) < 4.78 is 18.4. The molecular weight excluding hydrogens is 331 g/mol. The molecule has 0 aliphatic rings. The van der Waals surface area contributed by atoms with Gasteiger partial charge in [0.1, 0.15) is 11.6 Å². The van der Waals surface area contributed by atoms with Crippen molar-refractivity contribution in [2.24, 2.45) is 0 Å². The highest BCUT2D eigenvalue weighted by atomic mass is 32.1. The molecule has 0 fully saturated rings. The Morgan fingerprint density at radius 1 is 1.13 bits per heavy atom. The molecule has 118 valence electrons. The largest absolute Gasteiger partial charge is 0.467 e. The lowest BCUT2D eigenvalue weighted by Gasteiger charge is -2.24. The number of thiophene rings is 1. The van der Waals surface area contributed by atoms with E-state index < -0.39 is 0 Å². The summed E-state index contributed by atoms with van der Waals surface area (Å²) in [5.41, 5.74) is 0.757. The SMILES string of the molecule is Fc1ccc(NC(=S)N(Cc2ccco2)Cc2cccs2)cc1. The summed E-state index contributed by atoms with van der Waals surface area (Å²) >= 11 is 7.20. The van der Waals surface area contributed by atoms with Crippen molar-refractivity contribution in [1.29, 1.82) is 0 Å². The van der Waals surface area contributed by atoms with Crippen LogP contribution in [0.15, 0.2) is 64.6 Å². The van der Waals surface area contributed by atoms with E-state index >= 15 is 0 Å². The molecule has 0 saturated heterocycles. The number of anilines is 1. The number of halogens is 1. The fourth-order valence-electron chi connectivity index (χ4n) is 2.12. The van der Waals surface area contributed by atoms with Crippen molar-refractivity contribution in [3.8, 4) is 0 Å². The quantitative estimate of drug-likeness (QED) is 0.667. The van der Waals surface area contributed by atoms with Gasteiger partial charge in [0.05, 0.1) is 19.4 Å². The average molecular weight is 346 g/mol. The molecule has 1 aromatic carbocycles. The van der Waals surface area contributed by atoms with Gasteiger partial charge in [-0.05, 0) is 60.1 Å². The van der Waals surface area contributed by atoms with Gasteiger partial charge in [-0.15, -0.1) is 11.3 Å². The minimum atomic E-state index is -0.271. The minimum absolute atomic E-state index is 0.271. The first-order valence-electron chi connectivity index (χ1n) is 7.07. The molecule has 0 atom stereocenters. The Morgan fingerprint density at radius 3 is 2.61 bits per heavy atom. The van der Waals surface area contributed by atoms with Crippen LogP contribution in [0, 0.1) is 5.82 Å². The van der Waals surface area contributed by atoms with Gasteiger partial charge in [-0.25, -0.2) is 4.39 Å². The molecule has 3 nitrogen and oxygen atoms in total. The van der Waals surface area contributed by atoms with Gasteiger partial charge in [-0.1, -0.05) is 6.07 Å². The zero-order valence-electron chi connectivity index (χ0n) is 12.2. The molecule has 0 radical (unpaired) electrons. The number of thiocarbonyl (C=S) groups is 1. The molecule has 0 bridgehead atoms. The van der Waals surface area contributed by atoms with Gasteiger partial charge >= 0.3 is 0 Å². The third kappa shape index (κ3) is 4.40. The van der Waals surface area contributed by atoms with E-state index in [0.29, 0.717) is 18.2 Å². The second-order valence-electron chi connectivity index (χ2n) is 4.95. The zero-order valence-corrected chi connectivity index (χ0v) is 13.9. The zero-order chi connectivity index (χ0) is 16.1. The highest BCUT2D eigenvalue weighted by molar-refractivity contribution is 7.80. The lowest BCUT2D eigenvalue weighted by molar-refractivity contribution is 0.362. The molecule has 2 aromatic heterocycles. The number of hydrogen-bond donors (Lipinski definition) is 1. The van der Waals surface area contributed by atoms with Crippen LogP contribution in [0.1, 0.15) is 10.6 Å². The number of benzene rings is 1. The van der Waals surface area contributed by atoms with Crippen molar-refractivity contribution in [2.75, 3.05) is 5.32 Å². The Bertz CT molecular complexity index is 703. The first kappa shape index (κ1) is 15.7. The van der Waals surface area contributed by atoms with E-state index in [1.165, 1.54) is 17.0 Å². The monoisotopic (exact) mass is 346 g/mol. The fraction of sp³-hybridized carbons (Fsp3) is 0.118. The molecule has 0 unspecified atom stereocenters. The van der Waals surface area contributed by atoms with Crippen molar-refractivity contribution in [1.82, 2.24) is 4.90 Å². The fourth-order valence-corrected chi connectivity index (χ4v) is 3.08. The van der Waals surface area contributed by atoms with Crippen molar-refractivity contribution >= 4 is 34.4 Å². The van der Waals surface area contributed by atoms with Gasteiger partial charge < -0.3 is 14.6 Å². The summed E-state index contributed by atoms with van der Waals surface area (Å²) in [4.78, 5) is 3.23. The van der Waals surface area contributed by atoms with Crippen LogP contribution in [-0.2, 0) is 13.1 Å². The molecule has 0 aliphatic heterocycles. The number of furan rings is 1. The van der Waals surface area contributed by atoms with E-state index in [0.717, 1.165) is 11.4 Å². The first-order chi connectivity index (χ1) is 11.2. The molecule has 3 aromatic rings. The van der Waals surface area contributed by atoms with Crippen molar-refractivity contribution in [3.05, 3.63) is 76.6 Å². The van der Waals surface area contributed by atoms with E-state index in [2.05, 4.69) is 11.4 Å². The van der Waals surface area contributed by atoms with Gasteiger partial charge in [0.2, 0.25) is 0 Å². The van der Waals surface area contributed by atoms with E-state index in [1.807, 2.05) is 28.5 Å². The standard InChI is InChI=1S/C17H15FN2OS2/c18-13-5-7-14(8-6-13)19-17(22)20(11-15-3-1-9-21-15)12-16-4-2-10-23-16/h1-10H,11-12H2,(H,19,22). The third-order valence-electron chi connectivity index (χ3n) is 3.24. The van der Waals surface area contributed by atoms with Gasteiger partial charge in [0, 0.05) is 10.6 Å². The Kier molecular flexibility index (Phi) is 5.05. The summed E-state index contributed by atoms with van der Waals surface area (Å²) in [6.07, 6.45) is 1.65. The number of nitrogens with one attached hydrogen (secondary N) is 1. The molecule has 0 amide bonds. The van der Waals surface area contributed by atoms with Gasteiger partial charge in [0.15, 0.2) is 5.11 Å². The predicted molar refractivity (Wildman–Crippen MR) is 94.9 cm³/mol. The van der Waals surface area contributed by atoms with Crippen LogP contribution in [-0.4, -0.2) is 10.0 Å². The molecule has 3 rings (SSSR count). The molecule has 23 heavy (non-hydrogen) atoms. The maximum Gasteiger partial charge on any atom is 0.174 e. The second-order valence-corrected chi connectivity index (χ2v) is 6.37. The summed E-state index contributed by atoms with van der Waals surface area (Å²) in [6.45, 7) is 1.25. The average Bonchev–Trinajstić information content (AvgIpc) is 3.22. The molecular formula is C17H15FN2OS2. The summed E-state index contributed by atoms with van der Waals surface area (Å²) in [5, 5.41) is 5.76. The molecule has 0 saturated carbocycles. The van der Waals surface area contributed by atoms with Crippen molar-refractivity contribution in [2.45, 2.75) is 13.1 Å². The van der Waals surface area contributed by atoms with Crippen LogP contribution >= 0.6 is 23.6 Å². The predicted octanol–water partition coefficient (Wildman–Crippen LogP) is 4.88. The lowest BCUT2D eigenvalue weighted by atomic mass is 10.3. The molecule has 0 spiro atoms. The highest BCUT2D eigenvalue weighted by Gasteiger charge is 2.13. The van der Waals surface area contributed by atoms with Crippen LogP contribution in [0.2, 0.25) is 0 Å². The van der Waals surface area contributed by atoms with Crippen LogP contribution in [0.3, 0.4) is 0 Å². The maximum absolute atomic E-state index is 13.0. The van der Waals surface area contributed by atoms with Crippen LogP contribution in [0.25, 0.3) is 0 Å². The second kappa shape index (κ2) is 7.39. The normalized spacial score (nSPS) is 10.5. The third-order valence-corrected chi connectivity index (χ3v) is 4.46. The Balaban J connectivity index is 1.73. The van der Waals surface area contributed by atoms with Gasteiger partial charge in [-0.3, -0.25) is 0 Å². The van der Waals surface area contributed by atoms with Gasteiger partial charge in [0.25, 0.3) is 0 Å². The van der Waals surface area contributed by atoms with Crippen molar-refractivity contribution in [3.63, 3.8) is 0 Å². The number of hydrogen-bond acceptors (Lipinski definition) is 3. The van der Waals surface area contributed by atoms with Crippen LogP contribution < -0.4 is 5.32 Å².